The minimum Gasteiger partial charge on any atom is -0.477 e. The first-order chi connectivity index (χ1) is 10.2. The van der Waals surface area contributed by atoms with Crippen molar-refractivity contribution in [3.8, 4) is 6.07 Å². The van der Waals surface area contributed by atoms with Crippen LogP contribution in [0.3, 0.4) is 0 Å². The van der Waals surface area contributed by atoms with Crippen LogP contribution in [-0.2, 0) is 0 Å². The quantitative estimate of drug-likeness (QED) is 0.843. The van der Waals surface area contributed by atoms with E-state index in [-0.39, 0.29) is 5.69 Å². The Labute approximate surface area is 131 Å². The normalized spacial score (nSPS) is 10.1. The molecule has 2 aromatic rings. The number of carboxylic acids is 1. The van der Waals surface area contributed by atoms with E-state index in [4.69, 9.17) is 5.11 Å². The smallest absolute Gasteiger partial charge is 0.354 e. The van der Waals surface area contributed by atoms with Crippen LogP contribution in [0.2, 0.25) is 0 Å². The summed E-state index contributed by atoms with van der Waals surface area (Å²) in [5.74, 6) is -0.172. The first-order valence-electron chi connectivity index (χ1n) is 6.18. The molecule has 0 bridgehead atoms. The lowest BCUT2D eigenvalue weighted by Crippen LogP contribution is -1.99. The van der Waals surface area contributed by atoms with Crippen molar-refractivity contribution in [1.82, 2.24) is 4.98 Å². The molecule has 6 heteroatoms. The van der Waals surface area contributed by atoms with Crippen molar-refractivity contribution >= 4 is 29.5 Å². The average molecular weight is 316 g/mol. The van der Waals surface area contributed by atoms with Crippen molar-refractivity contribution in [3.63, 3.8) is 0 Å². The van der Waals surface area contributed by atoms with Gasteiger partial charge in [0.2, 0.25) is 0 Å². The van der Waals surface area contributed by atoms with E-state index in [9.17, 15) is 10.1 Å². The number of benzene rings is 1. The van der Waals surface area contributed by atoms with Crippen LogP contribution < -0.4 is 0 Å². The molecular weight excluding hydrogens is 304 g/mol. The second-order valence-corrected chi connectivity index (χ2v) is 6.38. The molecule has 21 heavy (non-hydrogen) atoms. The topological polar surface area (TPSA) is 74.0 Å². The second-order valence-electron chi connectivity index (χ2n) is 3.96. The van der Waals surface area contributed by atoms with Gasteiger partial charge in [0, 0.05) is 20.9 Å². The molecule has 0 fully saturated rings. The second kappa shape index (κ2) is 7.16. The standard InChI is InChI=1S/C15H12N2O2S2/c1-2-20-13-4-3-5-14(11(13)9-16)21-10-6-7-17-12(8-10)15(18)19/h3-8H,2H2,1H3,(H,18,19). The summed E-state index contributed by atoms with van der Waals surface area (Å²) in [6, 6.07) is 11.2. The Hall–Kier alpha value is -1.97. The number of nitrogens with zero attached hydrogens (tertiary/aromatic N) is 2. The van der Waals surface area contributed by atoms with Gasteiger partial charge >= 0.3 is 5.97 Å². The van der Waals surface area contributed by atoms with Crippen molar-refractivity contribution in [1.29, 1.82) is 5.26 Å². The van der Waals surface area contributed by atoms with E-state index in [0.717, 1.165) is 20.4 Å². The fourth-order valence-corrected chi connectivity index (χ4v) is 3.51. The Bertz CT molecular complexity index is 711. The molecule has 4 nitrogen and oxygen atoms in total. The molecule has 1 N–H and O–H groups in total. The Morgan fingerprint density at radius 1 is 1.38 bits per heavy atom. The third kappa shape index (κ3) is 3.78. The van der Waals surface area contributed by atoms with Gasteiger partial charge < -0.3 is 5.11 Å². The molecule has 2 rings (SSSR count). The van der Waals surface area contributed by atoms with Gasteiger partial charge in [-0.2, -0.15) is 5.26 Å². The number of aromatic nitrogens is 1. The Balaban J connectivity index is 2.36. The van der Waals surface area contributed by atoms with Crippen molar-refractivity contribution < 1.29 is 9.90 Å². The maximum absolute atomic E-state index is 10.9. The van der Waals surface area contributed by atoms with Gasteiger partial charge in [0.15, 0.2) is 0 Å². The molecule has 0 unspecified atom stereocenters. The summed E-state index contributed by atoms with van der Waals surface area (Å²) in [7, 11) is 0. The van der Waals surface area contributed by atoms with E-state index >= 15 is 0 Å². The summed E-state index contributed by atoms with van der Waals surface area (Å²) in [4.78, 5) is 17.2. The number of hydrogen-bond donors (Lipinski definition) is 1. The van der Waals surface area contributed by atoms with E-state index in [1.807, 2.05) is 25.1 Å². The van der Waals surface area contributed by atoms with Crippen LogP contribution in [-0.4, -0.2) is 21.8 Å². The summed E-state index contributed by atoms with van der Waals surface area (Å²) < 4.78 is 0. The SMILES string of the molecule is CCSc1cccc(Sc2ccnc(C(=O)O)c2)c1C#N. The van der Waals surface area contributed by atoms with Crippen molar-refractivity contribution in [2.24, 2.45) is 0 Å². The fourth-order valence-electron chi connectivity index (χ4n) is 1.70. The molecule has 1 aromatic carbocycles. The van der Waals surface area contributed by atoms with E-state index in [0.29, 0.717) is 5.56 Å². The molecule has 1 aromatic heterocycles. The van der Waals surface area contributed by atoms with Crippen LogP contribution in [0.15, 0.2) is 51.2 Å². The zero-order chi connectivity index (χ0) is 15.2. The number of nitriles is 1. The van der Waals surface area contributed by atoms with Crippen LogP contribution in [0.1, 0.15) is 23.0 Å². The van der Waals surface area contributed by atoms with Crippen LogP contribution in [0.25, 0.3) is 0 Å². The zero-order valence-corrected chi connectivity index (χ0v) is 12.9. The molecule has 0 amide bonds. The molecule has 0 saturated heterocycles. The van der Waals surface area contributed by atoms with Crippen molar-refractivity contribution in [2.45, 2.75) is 21.6 Å². The van der Waals surface area contributed by atoms with Crippen LogP contribution in [0.4, 0.5) is 0 Å². The van der Waals surface area contributed by atoms with Gasteiger partial charge in [0.1, 0.15) is 11.8 Å². The lowest BCUT2D eigenvalue weighted by Gasteiger charge is -2.08. The molecule has 0 aliphatic rings. The monoisotopic (exact) mass is 316 g/mol. The molecule has 0 aliphatic carbocycles. The number of thioether (sulfide) groups is 1. The highest BCUT2D eigenvalue weighted by molar-refractivity contribution is 8.00. The molecule has 1 heterocycles. The third-order valence-electron chi connectivity index (χ3n) is 2.58. The molecule has 106 valence electrons. The predicted molar refractivity (Wildman–Crippen MR) is 82.9 cm³/mol. The van der Waals surface area contributed by atoms with Gasteiger partial charge in [-0.1, -0.05) is 24.8 Å². The van der Waals surface area contributed by atoms with Crippen molar-refractivity contribution in [2.75, 3.05) is 5.75 Å². The summed E-state index contributed by atoms with van der Waals surface area (Å²) in [5.41, 5.74) is 0.626. The van der Waals surface area contributed by atoms with Gasteiger partial charge in [-0.15, -0.1) is 11.8 Å². The third-order valence-corrected chi connectivity index (χ3v) is 4.57. The van der Waals surface area contributed by atoms with E-state index in [1.165, 1.54) is 24.0 Å². The molecule has 0 radical (unpaired) electrons. The summed E-state index contributed by atoms with van der Waals surface area (Å²) >= 11 is 2.99. The van der Waals surface area contributed by atoms with Gasteiger partial charge in [-0.05, 0) is 30.0 Å². The largest absolute Gasteiger partial charge is 0.477 e. The molecule has 0 aliphatic heterocycles. The summed E-state index contributed by atoms with van der Waals surface area (Å²) in [5, 5.41) is 18.3. The number of rotatable bonds is 5. The minimum absolute atomic E-state index is 0.00223. The lowest BCUT2D eigenvalue weighted by atomic mass is 10.2. The van der Waals surface area contributed by atoms with Crippen LogP contribution in [0, 0.1) is 11.3 Å². The molecule has 0 spiro atoms. The number of pyridine rings is 1. The summed E-state index contributed by atoms with van der Waals surface area (Å²) in [6.45, 7) is 2.04. The predicted octanol–water partition coefficient (Wildman–Crippen LogP) is 3.91. The van der Waals surface area contributed by atoms with Crippen LogP contribution >= 0.6 is 23.5 Å². The molecule has 0 saturated carbocycles. The highest BCUT2D eigenvalue weighted by atomic mass is 32.2. The Kier molecular flexibility index (Phi) is 5.26. The molecule has 0 atom stereocenters. The van der Waals surface area contributed by atoms with Gasteiger partial charge in [-0.3, -0.25) is 0 Å². The Morgan fingerprint density at radius 3 is 2.81 bits per heavy atom. The first kappa shape index (κ1) is 15.4. The number of carboxylic acid groups (broad SMARTS) is 1. The van der Waals surface area contributed by atoms with Gasteiger partial charge in [-0.25, -0.2) is 9.78 Å². The Morgan fingerprint density at radius 2 is 2.14 bits per heavy atom. The maximum Gasteiger partial charge on any atom is 0.354 e. The van der Waals surface area contributed by atoms with E-state index < -0.39 is 5.97 Å². The fraction of sp³-hybridized carbons (Fsp3) is 0.133. The van der Waals surface area contributed by atoms with Crippen LogP contribution in [0.5, 0.6) is 0 Å². The van der Waals surface area contributed by atoms with Gasteiger partial charge in [0.05, 0.1) is 5.56 Å². The number of aromatic carboxylic acids is 1. The summed E-state index contributed by atoms with van der Waals surface area (Å²) in [6.07, 6.45) is 1.46. The maximum atomic E-state index is 10.9. The zero-order valence-electron chi connectivity index (χ0n) is 11.2. The average Bonchev–Trinajstić information content (AvgIpc) is 2.48. The number of hydrogen-bond acceptors (Lipinski definition) is 5. The highest BCUT2D eigenvalue weighted by Gasteiger charge is 2.11. The molecular formula is C15H12N2O2S2. The van der Waals surface area contributed by atoms with Crippen molar-refractivity contribution in [3.05, 3.63) is 47.8 Å². The highest BCUT2D eigenvalue weighted by Crippen LogP contribution is 2.35. The first-order valence-corrected chi connectivity index (χ1v) is 7.99. The van der Waals surface area contributed by atoms with E-state index in [1.54, 1.807) is 17.8 Å². The minimum atomic E-state index is -1.06. The lowest BCUT2D eigenvalue weighted by molar-refractivity contribution is 0.0690. The van der Waals surface area contributed by atoms with E-state index in [2.05, 4.69) is 11.1 Å². The van der Waals surface area contributed by atoms with Gasteiger partial charge in [0.25, 0.3) is 0 Å². The number of carbonyl (C=O) groups is 1.